The van der Waals surface area contributed by atoms with Crippen LogP contribution in [0.2, 0.25) is 0 Å². The van der Waals surface area contributed by atoms with Gasteiger partial charge in [-0.15, -0.1) is 10.2 Å². The molecule has 31 heavy (non-hydrogen) atoms. The fourth-order valence-electron chi connectivity index (χ4n) is 2.61. The maximum atomic E-state index is 12.1. The summed E-state index contributed by atoms with van der Waals surface area (Å²) in [4.78, 5) is 12.1. The van der Waals surface area contributed by atoms with Gasteiger partial charge in [0.15, 0.2) is 5.16 Å². The van der Waals surface area contributed by atoms with E-state index in [2.05, 4.69) is 20.2 Å². The smallest absolute Gasteiger partial charge is 0.230 e. The monoisotopic (exact) mass is 461 g/mol. The molecule has 1 aromatic heterocycles. The molecular weight excluding hydrogens is 438 g/mol. The number of hydrogen-bond acceptors (Lipinski definition) is 7. The lowest BCUT2D eigenvalue weighted by Gasteiger charge is -2.09. The van der Waals surface area contributed by atoms with E-state index in [1.807, 2.05) is 54.6 Å². The second-order valence-electron chi connectivity index (χ2n) is 6.45. The molecule has 0 unspecified atom stereocenters. The van der Waals surface area contributed by atoms with Crippen molar-refractivity contribution in [2.45, 2.75) is 11.7 Å². The van der Waals surface area contributed by atoms with Gasteiger partial charge < -0.3 is 10.1 Å². The van der Waals surface area contributed by atoms with Crippen LogP contribution in [0.4, 0.5) is 0 Å². The third-order valence-corrected chi connectivity index (χ3v) is 6.50. The topological polar surface area (TPSA) is 115 Å². The summed E-state index contributed by atoms with van der Waals surface area (Å²) >= 11 is 1.21. The van der Waals surface area contributed by atoms with Crippen molar-refractivity contribution in [3.05, 3.63) is 66.5 Å². The van der Waals surface area contributed by atoms with Crippen molar-refractivity contribution in [2.24, 2.45) is 0 Å². The van der Waals surface area contributed by atoms with E-state index < -0.39 is 10.0 Å². The molecule has 164 valence electrons. The summed E-state index contributed by atoms with van der Waals surface area (Å²) in [5.74, 6) is 0.344. The zero-order valence-corrected chi connectivity index (χ0v) is 18.5. The van der Waals surface area contributed by atoms with Gasteiger partial charge in [0.25, 0.3) is 0 Å². The van der Waals surface area contributed by atoms with Crippen LogP contribution in [-0.2, 0) is 21.4 Å². The van der Waals surface area contributed by atoms with Gasteiger partial charge in [-0.3, -0.25) is 9.36 Å². The SMILES string of the molecule is COc1ccc(-n2cnnc2SCC(=O)NCCS(=O)(=O)NCc2ccccc2)cc1. The van der Waals surface area contributed by atoms with Gasteiger partial charge in [0.1, 0.15) is 12.1 Å². The second-order valence-corrected chi connectivity index (χ2v) is 9.31. The van der Waals surface area contributed by atoms with E-state index in [1.54, 1.807) is 18.0 Å². The van der Waals surface area contributed by atoms with Crippen LogP contribution in [0, 0.1) is 0 Å². The first-order valence-corrected chi connectivity index (χ1v) is 12.1. The number of rotatable bonds is 11. The predicted molar refractivity (Wildman–Crippen MR) is 119 cm³/mol. The lowest BCUT2D eigenvalue weighted by Crippen LogP contribution is -2.35. The van der Waals surface area contributed by atoms with E-state index in [0.29, 0.717) is 5.16 Å². The van der Waals surface area contributed by atoms with E-state index in [-0.39, 0.29) is 30.5 Å². The fourth-order valence-corrected chi connectivity index (χ4v) is 4.27. The molecular formula is C20H23N5O4S2. The van der Waals surface area contributed by atoms with Crippen molar-refractivity contribution in [3.63, 3.8) is 0 Å². The minimum absolute atomic E-state index is 0.0225. The Hall–Kier alpha value is -2.89. The largest absolute Gasteiger partial charge is 0.497 e. The Labute approximate surface area is 185 Å². The quantitative estimate of drug-likeness (QED) is 0.417. The molecule has 3 rings (SSSR count). The molecule has 0 fully saturated rings. The van der Waals surface area contributed by atoms with Crippen LogP contribution in [0.25, 0.3) is 5.69 Å². The predicted octanol–water partition coefficient (Wildman–Crippen LogP) is 1.60. The molecule has 1 amide bonds. The summed E-state index contributed by atoms with van der Waals surface area (Å²) in [6, 6.07) is 16.6. The lowest BCUT2D eigenvalue weighted by molar-refractivity contribution is -0.118. The highest BCUT2D eigenvalue weighted by Gasteiger charge is 2.13. The Morgan fingerprint density at radius 3 is 2.58 bits per heavy atom. The first-order chi connectivity index (χ1) is 15.0. The molecule has 0 bridgehead atoms. The van der Waals surface area contributed by atoms with Gasteiger partial charge >= 0.3 is 0 Å². The Balaban J connectivity index is 1.43. The van der Waals surface area contributed by atoms with Gasteiger partial charge in [-0.1, -0.05) is 42.1 Å². The molecule has 11 heteroatoms. The molecule has 0 atom stereocenters. The van der Waals surface area contributed by atoms with E-state index in [1.165, 1.54) is 11.8 Å². The minimum Gasteiger partial charge on any atom is -0.497 e. The molecule has 1 heterocycles. The molecule has 9 nitrogen and oxygen atoms in total. The summed E-state index contributed by atoms with van der Waals surface area (Å²) in [5.41, 5.74) is 1.71. The van der Waals surface area contributed by atoms with Crippen LogP contribution in [0.1, 0.15) is 5.56 Å². The summed E-state index contributed by atoms with van der Waals surface area (Å²) in [6.45, 7) is 0.239. The van der Waals surface area contributed by atoms with E-state index >= 15 is 0 Å². The summed E-state index contributed by atoms with van der Waals surface area (Å²) < 4.78 is 33.6. The van der Waals surface area contributed by atoms with Crippen molar-refractivity contribution in [1.29, 1.82) is 0 Å². The van der Waals surface area contributed by atoms with Gasteiger partial charge in [0, 0.05) is 18.8 Å². The van der Waals surface area contributed by atoms with Crippen LogP contribution < -0.4 is 14.8 Å². The van der Waals surface area contributed by atoms with Crippen molar-refractivity contribution < 1.29 is 17.9 Å². The molecule has 3 aromatic rings. The highest BCUT2D eigenvalue weighted by atomic mass is 32.2. The van der Waals surface area contributed by atoms with E-state index in [0.717, 1.165) is 17.0 Å². The van der Waals surface area contributed by atoms with Gasteiger partial charge in [-0.05, 0) is 29.8 Å². The van der Waals surface area contributed by atoms with Crippen molar-refractivity contribution in [1.82, 2.24) is 24.8 Å². The van der Waals surface area contributed by atoms with Crippen molar-refractivity contribution in [3.8, 4) is 11.4 Å². The maximum absolute atomic E-state index is 12.1. The number of methoxy groups -OCH3 is 1. The number of benzene rings is 2. The van der Waals surface area contributed by atoms with Crippen molar-refractivity contribution in [2.75, 3.05) is 25.2 Å². The van der Waals surface area contributed by atoms with Crippen LogP contribution in [0.15, 0.2) is 66.1 Å². The normalized spacial score (nSPS) is 11.3. The summed E-state index contributed by atoms with van der Waals surface area (Å²) in [7, 11) is -1.89. The second kappa shape index (κ2) is 10.9. The van der Waals surface area contributed by atoms with E-state index in [9.17, 15) is 13.2 Å². The van der Waals surface area contributed by atoms with E-state index in [4.69, 9.17) is 4.74 Å². The molecule has 0 saturated heterocycles. The Morgan fingerprint density at radius 1 is 1.13 bits per heavy atom. The number of aromatic nitrogens is 3. The minimum atomic E-state index is -3.49. The van der Waals surface area contributed by atoms with Crippen molar-refractivity contribution >= 4 is 27.7 Å². The standard InChI is InChI=1S/C20H23N5O4S2/c1-29-18-9-7-17(8-10-18)25-15-22-24-20(25)30-14-19(26)21-11-12-31(27,28)23-13-16-5-3-2-4-6-16/h2-10,15,23H,11-14H2,1H3,(H,21,26). The zero-order valence-electron chi connectivity index (χ0n) is 16.9. The van der Waals surface area contributed by atoms with Gasteiger partial charge in [-0.25, -0.2) is 13.1 Å². The zero-order chi connectivity index (χ0) is 22.1. The summed E-state index contributed by atoms with van der Waals surface area (Å²) in [5, 5.41) is 11.1. The Kier molecular flexibility index (Phi) is 8.04. The molecule has 0 saturated carbocycles. The first-order valence-electron chi connectivity index (χ1n) is 9.42. The number of ether oxygens (including phenoxy) is 1. The number of nitrogens with one attached hydrogen (secondary N) is 2. The number of nitrogens with zero attached hydrogens (tertiary/aromatic N) is 3. The molecule has 2 aromatic carbocycles. The number of amides is 1. The maximum Gasteiger partial charge on any atom is 0.230 e. The first kappa shape index (κ1) is 22.8. The number of thioether (sulfide) groups is 1. The number of carbonyl (C=O) groups is 1. The third kappa shape index (κ3) is 7.09. The van der Waals surface area contributed by atoms with Crippen LogP contribution in [0.3, 0.4) is 0 Å². The average molecular weight is 462 g/mol. The highest BCUT2D eigenvalue weighted by molar-refractivity contribution is 7.99. The number of hydrogen-bond donors (Lipinski definition) is 2. The molecule has 0 radical (unpaired) electrons. The number of carbonyl (C=O) groups excluding carboxylic acids is 1. The third-order valence-electron chi connectivity index (χ3n) is 4.23. The van der Waals surface area contributed by atoms with Crippen LogP contribution in [0.5, 0.6) is 5.75 Å². The summed E-state index contributed by atoms with van der Waals surface area (Å²) in [6.07, 6.45) is 1.56. The number of sulfonamides is 1. The molecule has 0 aliphatic heterocycles. The van der Waals surface area contributed by atoms with Crippen LogP contribution in [-0.4, -0.2) is 54.2 Å². The fraction of sp³-hybridized carbons (Fsp3) is 0.250. The lowest BCUT2D eigenvalue weighted by atomic mass is 10.2. The van der Waals surface area contributed by atoms with Gasteiger partial charge in [0.2, 0.25) is 15.9 Å². The highest BCUT2D eigenvalue weighted by Crippen LogP contribution is 2.21. The Bertz CT molecular complexity index is 1090. The van der Waals surface area contributed by atoms with Gasteiger partial charge in [0.05, 0.1) is 18.6 Å². The van der Waals surface area contributed by atoms with Crippen LogP contribution >= 0.6 is 11.8 Å². The molecule has 0 aliphatic rings. The molecule has 2 N–H and O–H groups in total. The molecule has 0 aliphatic carbocycles. The Morgan fingerprint density at radius 2 is 1.87 bits per heavy atom. The average Bonchev–Trinajstić information content (AvgIpc) is 3.26. The van der Waals surface area contributed by atoms with Gasteiger partial charge in [-0.2, -0.15) is 0 Å². The molecule has 0 spiro atoms.